The molecule has 1 unspecified atom stereocenters. The van der Waals surface area contributed by atoms with Crippen molar-refractivity contribution in [3.05, 3.63) is 66.0 Å². The van der Waals surface area contributed by atoms with Crippen molar-refractivity contribution in [1.29, 1.82) is 0 Å². The van der Waals surface area contributed by atoms with E-state index in [2.05, 4.69) is 33.5 Å². The molecule has 0 bridgehead atoms. The molecule has 1 aliphatic rings. The lowest BCUT2D eigenvalue weighted by Crippen LogP contribution is -2.39. The minimum absolute atomic E-state index is 0. The summed E-state index contributed by atoms with van der Waals surface area (Å²) in [6, 6.07) is 16.0. The van der Waals surface area contributed by atoms with Gasteiger partial charge in [0, 0.05) is 6.42 Å². The van der Waals surface area contributed by atoms with Gasteiger partial charge in [-0.05, 0) is 48.1 Å². The molecule has 3 aromatic rings. The van der Waals surface area contributed by atoms with Crippen molar-refractivity contribution >= 4 is 41.8 Å². The van der Waals surface area contributed by atoms with E-state index < -0.39 is 0 Å². The first-order valence-corrected chi connectivity index (χ1v) is 10.2. The van der Waals surface area contributed by atoms with Gasteiger partial charge < -0.3 is 16.0 Å². The van der Waals surface area contributed by atoms with Crippen LogP contribution < -0.4 is 11.1 Å². The third kappa shape index (κ3) is 5.34. The molecule has 7 heteroatoms. The van der Waals surface area contributed by atoms with E-state index >= 15 is 0 Å². The number of hydrogen-bond donors (Lipinski definition) is 3. The standard InChI is InChI=1S/C23H28N4O.2ClH/c24-15-23(11-5-2-6-12-23)14-21(28)27-22(17-7-3-1-4-8-17)18-9-10-19-20(13-18)26-16-25-19;;/h1,3-4,7-10,13,16,22H,2,5-6,11-12,14-15,24H2,(H,25,26)(H,27,28);2*1H. The van der Waals surface area contributed by atoms with Crippen LogP contribution in [0.2, 0.25) is 0 Å². The SMILES string of the molecule is Cl.Cl.NCC1(CC(=O)NC(c2ccccc2)c2ccc3nc[nH]c3c2)CCCCC1. The Balaban J connectivity index is 0.00000160. The highest BCUT2D eigenvalue weighted by Crippen LogP contribution is 2.38. The largest absolute Gasteiger partial charge is 0.345 e. The molecule has 162 valence electrons. The van der Waals surface area contributed by atoms with Gasteiger partial charge >= 0.3 is 0 Å². The first-order chi connectivity index (χ1) is 13.7. The molecular weight excluding hydrogens is 419 g/mol. The van der Waals surface area contributed by atoms with Gasteiger partial charge in [0.1, 0.15) is 0 Å². The summed E-state index contributed by atoms with van der Waals surface area (Å²) in [6.07, 6.45) is 7.88. The van der Waals surface area contributed by atoms with E-state index in [9.17, 15) is 4.79 Å². The van der Waals surface area contributed by atoms with Crippen molar-refractivity contribution in [1.82, 2.24) is 15.3 Å². The number of aromatic amines is 1. The van der Waals surface area contributed by atoms with Crippen molar-refractivity contribution in [3.63, 3.8) is 0 Å². The predicted octanol–water partition coefficient (Wildman–Crippen LogP) is 4.91. The molecule has 0 saturated heterocycles. The van der Waals surface area contributed by atoms with Crippen LogP contribution in [0.3, 0.4) is 0 Å². The van der Waals surface area contributed by atoms with E-state index in [0.717, 1.165) is 35.0 Å². The van der Waals surface area contributed by atoms with Crippen molar-refractivity contribution in [2.75, 3.05) is 6.54 Å². The predicted molar refractivity (Wildman–Crippen MR) is 126 cm³/mol. The summed E-state index contributed by atoms with van der Waals surface area (Å²) in [6.45, 7) is 0.580. The second-order valence-electron chi connectivity index (χ2n) is 8.03. The van der Waals surface area contributed by atoms with Gasteiger partial charge in [-0.2, -0.15) is 0 Å². The number of benzene rings is 2. The maximum absolute atomic E-state index is 13.1. The second-order valence-corrected chi connectivity index (χ2v) is 8.03. The molecule has 0 spiro atoms. The van der Waals surface area contributed by atoms with Gasteiger partial charge in [0.2, 0.25) is 5.91 Å². The van der Waals surface area contributed by atoms with Crippen LogP contribution in [0, 0.1) is 5.41 Å². The summed E-state index contributed by atoms with van der Waals surface area (Å²) in [4.78, 5) is 20.5. The van der Waals surface area contributed by atoms with E-state index in [1.807, 2.05) is 30.3 Å². The number of halogens is 2. The number of imidazole rings is 1. The fourth-order valence-corrected chi connectivity index (χ4v) is 4.44. The molecule has 0 aliphatic heterocycles. The van der Waals surface area contributed by atoms with Crippen LogP contribution in [-0.2, 0) is 4.79 Å². The lowest BCUT2D eigenvalue weighted by atomic mass is 9.71. The zero-order valence-electron chi connectivity index (χ0n) is 17.0. The smallest absolute Gasteiger partial charge is 0.221 e. The molecule has 0 radical (unpaired) electrons. The summed E-state index contributed by atoms with van der Waals surface area (Å²) in [7, 11) is 0. The van der Waals surface area contributed by atoms with Crippen LogP contribution in [0.15, 0.2) is 54.9 Å². The third-order valence-corrected chi connectivity index (χ3v) is 6.10. The molecule has 30 heavy (non-hydrogen) atoms. The number of rotatable bonds is 6. The molecule has 5 nitrogen and oxygen atoms in total. The molecule has 4 N–H and O–H groups in total. The summed E-state index contributed by atoms with van der Waals surface area (Å²) < 4.78 is 0. The first kappa shape index (κ1) is 24.2. The molecule has 4 rings (SSSR count). The molecule has 1 saturated carbocycles. The maximum Gasteiger partial charge on any atom is 0.221 e. The van der Waals surface area contributed by atoms with Gasteiger partial charge in [-0.1, -0.05) is 55.7 Å². The highest BCUT2D eigenvalue weighted by atomic mass is 35.5. The molecule has 1 aliphatic carbocycles. The van der Waals surface area contributed by atoms with Crippen LogP contribution in [-0.4, -0.2) is 22.4 Å². The number of carbonyl (C=O) groups excluding carboxylic acids is 1. The van der Waals surface area contributed by atoms with Gasteiger partial charge in [-0.3, -0.25) is 4.79 Å². The Morgan fingerprint density at radius 1 is 1.07 bits per heavy atom. The number of nitrogens with one attached hydrogen (secondary N) is 2. The normalized spacial score (nSPS) is 16.2. The average molecular weight is 449 g/mol. The Morgan fingerprint density at radius 3 is 2.50 bits per heavy atom. The first-order valence-electron chi connectivity index (χ1n) is 10.2. The zero-order valence-corrected chi connectivity index (χ0v) is 18.6. The maximum atomic E-state index is 13.1. The average Bonchev–Trinajstić information content (AvgIpc) is 3.21. The topological polar surface area (TPSA) is 83.8 Å². The molecule has 2 aromatic carbocycles. The number of amides is 1. The van der Waals surface area contributed by atoms with E-state index in [4.69, 9.17) is 5.73 Å². The van der Waals surface area contributed by atoms with Crippen LogP contribution >= 0.6 is 24.8 Å². The number of aromatic nitrogens is 2. The number of fused-ring (bicyclic) bond motifs is 1. The Bertz CT molecular complexity index is 939. The minimum Gasteiger partial charge on any atom is -0.345 e. The van der Waals surface area contributed by atoms with E-state index in [-0.39, 0.29) is 42.2 Å². The van der Waals surface area contributed by atoms with Crippen molar-refractivity contribution in [3.8, 4) is 0 Å². The van der Waals surface area contributed by atoms with Gasteiger partial charge in [0.25, 0.3) is 0 Å². The summed E-state index contributed by atoms with van der Waals surface area (Å²) in [5.74, 6) is 0.0749. The third-order valence-electron chi connectivity index (χ3n) is 6.10. The summed E-state index contributed by atoms with van der Waals surface area (Å²) >= 11 is 0. The molecule has 1 atom stereocenters. The van der Waals surface area contributed by atoms with Crippen LogP contribution in [0.4, 0.5) is 0 Å². The zero-order chi connectivity index (χ0) is 19.4. The molecule has 1 heterocycles. The van der Waals surface area contributed by atoms with Gasteiger partial charge in [0.15, 0.2) is 0 Å². The fraction of sp³-hybridized carbons (Fsp3) is 0.391. The van der Waals surface area contributed by atoms with Crippen molar-refractivity contribution in [2.45, 2.75) is 44.6 Å². The lowest BCUT2D eigenvalue weighted by molar-refractivity contribution is -0.124. The van der Waals surface area contributed by atoms with Gasteiger partial charge in [0.05, 0.1) is 23.4 Å². The quantitative estimate of drug-likeness (QED) is 0.500. The Labute approximate surface area is 190 Å². The molecule has 1 amide bonds. The van der Waals surface area contributed by atoms with Crippen molar-refractivity contribution in [2.24, 2.45) is 11.1 Å². The monoisotopic (exact) mass is 448 g/mol. The Hall–Kier alpha value is -2.08. The van der Waals surface area contributed by atoms with Crippen molar-refractivity contribution < 1.29 is 4.79 Å². The summed E-state index contributed by atoms with van der Waals surface area (Å²) in [5.41, 5.74) is 10.1. The molecule has 1 fully saturated rings. The number of carbonyl (C=O) groups is 1. The highest BCUT2D eigenvalue weighted by molar-refractivity contribution is 5.85. The second kappa shape index (κ2) is 10.8. The van der Waals surface area contributed by atoms with Gasteiger partial charge in [-0.25, -0.2) is 4.98 Å². The number of nitrogens with zero attached hydrogens (tertiary/aromatic N) is 1. The number of H-pyrrole nitrogens is 1. The molecular formula is C23H30Cl2N4O. The Morgan fingerprint density at radius 2 is 1.80 bits per heavy atom. The van der Waals surface area contributed by atoms with Gasteiger partial charge in [-0.15, -0.1) is 24.8 Å². The summed E-state index contributed by atoms with van der Waals surface area (Å²) in [5, 5.41) is 3.28. The van der Waals surface area contributed by atoms with Crippen LogP contribution in [0.1, 0.15) is 55.7 Å². The van der Waals surface area contributed by atoms with E-state index in [1.165, 1.54) is 19.3 Å². The fourth-order valence-electron chi connectivity index (χ4n) is 4.44. The number of nitrogens with two attached hydrogens (primary N) is 1. The number of hydrogen-bond acceptors (Lipinski definition) is 3. The lowest BCUT2D eigenvalue weighted by Gasteiger charge is -2.36. The minimum atomic E-state index is -0.195. The highest BCUT2D eigenvalue weighted by Gasteiger charge is 2.33. The van der Waals surface area contributed by atoms with E-state index in [0.29, 0.717) is 13.0 Å². The van der Waals surface area contributed by atoms with E-state index in [1.54, 1.807) is 6.33 Å². The molecule has 1 aromatic heterocycles. The Kier molecular flexibility index (Phi) is 8.71. The van der Waals surface area contributed by atoms with Crippen LogP contribution in [0.5, 0.6) is 0 Å². The van der Waals surface area contributed by atoms with Crippen LogP contribution in [0.25, 0.3) is 11.0 Å².